The minimum Gasteiger partial charge on any atom is -0.387 e. The first-order chi connectivity index (χ1) is 12.5. The number of aliphatic hydroxyl groups is 1. The molecule has 1 aromatic heterocycles. The summed E-state index contributed by atoms with van der Waals surface area (Å²) in [5.41, 5.74) is 0.871. The molecule has 1 aliphatic rings. The SMILES string of the molecule is Cc1cnn(Cc2ccccc2Cl)c1NC(=O)NC[C@]1(O)CCCNC1. The van der Waals surface area contributed by atoms with Gasteiger partial charge >= 0.3 is 6.03 Å². The Balaban J connectivity index is 1.63. The first kappa shape index (κ1) is 18.7. The number of anilines is 1. The molecular weight excluding hydrogens is 354 g/mol. The lowest BCUT2D eigenvalue weighted by Crippen LogP contribution is -2.53. The fourth-order valence-corrected chi connectivity index (χ4v) is 3.24. The van der Waals surface area contributed by atoms with E-state index >= 15 is 0 Å². The molecule has 2 aromatic rings. The molecule has 0 unspecified atom stereocenters. The van der Waals surface area contributed by atoms with E-state index in [1.807, 2.05) is 31.2 Å². The molecule has 0 bridgehead atoms. The van der Waals surface area contributed by atoms with Crippen molar-refractivity contribution in [2.75, 3.05) is 25.0 Å². The van der Waals surface area contributed by atoms with Crippen molar-refractivity contribution in [1.82, 2.24) is 20.4 Å². The van der Waals surface area contributed by atoms with Crippen LogP contribution in [0.25, 0.3) is 0 Å². The number of carbonyl (C=O) groups excluding carboxylic acids is 1. The standard InChI is InChI=1S/C18H24ClN5O2/c1-13-9-22-24(10-14-5-2-3-6-15(14)19)16(13)23-17(25)21-12-18(26)7-4-8-20-11-18/h2-3,5-6,9,20,26H,4,7-8,10-12H2,1H3,(H2,21,23,25)/t18-/m0/s1. The van der Waals surface area contributed by atoms with Crippen LogP contribution in [-0.4, -0.2) is 46.2 Å². The Bertz CT molecular complexity index is 771. The lowest BCUT2D eigenvalue weighted by atomic mass is 9.94. The van der Waals surface area contributed by atoms with Crippen molar-refractivity contribution in [2.24, 2.45) is 0 Å². The summed E-state index contributed by atoms with van der Waals surface area (Å²) in [5, 5.41) is 24.2. The van der Waals surface area contributed by atoms with E-state index in [1.165, 1.54) is 0 Å². The van der Waals surface area contributed by atoms with Crippen molar-refractivity contribution in [3.05, 3.63) is 46.6 Å². The quantitative estimate of drug-likeness (QED) is 0.642. The maximum absolute atomic E-state index is 12.3. The van der Waals surface area contributed by atoms with Crippen LogP contribution in [0.15, 0.2) is 30.5 Å². The van der Waals surface area contributed by atoms with Crippen molar-refractivity contribution in [1.29, 1.82) is 0 Å². The number of piperidine rings is 1. The van der Waals surface area contributed by atoms with E-state index in [9.17, 15) is 9.90 Å². The zero-order valence-corrected chi connectivity index (χ0v) is 15.5. The van der Waals surface area contributed by atoms with E-state index < -0.39 is 5.60 Å². The van der Waals surface area contributed by atoms with E-state index in [2.05, 4.69) is 21.0 Å². The lowest BCUT2D eigenvalue weighted by Gasteiger charge is -2.32. The predicted molar refractivity (Wildman–Crippen MR) is 102 cm³/mol. The van der Waals surface area contributed by atoms with Crippen LogP contribution in [0.4, 0.5) is 10.6 Å². The van der Waals surface area contributed by atoms with Crippen LogP contribution in [0.5, 0.6) is 0 Å². The van der Waals surface area contributed by atoms with Crippen molar-refractivity contribution in [2.45, 2.75) is 31.9 Å². The second-order valence-corrected chi connectivity index (χ2v) is 7.14. The third-order valence-electron chi connectivity index (χ3n) is 4.56. The number of carbonyl (C=O) groups is 1. The van der Waals surface area contributed by atoms with Crippen molar-refractivity contribution in [3.8, 4) is 0 Å². The molecule has 0 aliphatic carbocycles. The van der Waals surface area contributed by atoms with Crippen LogP contribution in [-0.2, 0) is 6.54 Å². The molecule has 8 heteroatoms. The molecule has 26 heavy (non-hydrogen) atoms. The van der Waals surface area contributed by atoms with Gasteiger partial charge in [0.25, 0.3) is 0 Å². The van der Waals surface area contributed by atoms with Gasteiger partial charge in [-0.1, -0.05) is 29.8 Å². The number of urea groups is 1. The lowest BCUT2D eigenvalue weighted by molar-refractivity contribution is 0.0198. The van der Waals surface area contributed by atoms with E-state index in [4.69, 9.17) is 11.6 Å². The molecule has 0 spiro atoms. The Kier molecular flexibility index (Phi) is 5.80. The Labute approximate surface area is 157 Å². The molecule has 2 amide bonds. The summed E-state index contributed by atoms with van der Waals surface area (Å²) in [6.45, 7) is 3.91. The molecular formula is C18H24ClN5O2. The van der Waals surface area contributed by atoms with Gasteiger partial charge in [0.1, 0.15) is 5.82 Å². The van der Waals surface area contributed by atoms with E-state index in [-0.39, 0.29) is 12.6 Å². The van der Waals surface area contributed by atoms with E-state index in [0.29, 0.717) is 30.4 Å². The van der Waals surface area contributed by atoms with Crippen molar-refractivity contribution < 1.29 is 9.90 Å². The Morgan fingerprint density at radius 1 is 1.46 bits per heavy atom. The Hall–Kier alpha value is -2.09. The number of rotatable bonds is 5. The summed E-state index contributed by atoms with van der Waals surface area (Å²) in [5.74, 6) is 0.608. The van der Waals surface area contributed by atoms with Gasteiger partial charge in [-0.25, -0.2) is 9.48 Å². The third kappa shape index (κ3) is 4.55. The predicted octanol–water partition coefficient (Wildman–Crippen LogP) is 2.13. The summed E-state index contributed by atoms with van der Waals surface area (Å²) in [4.78, 5) is 12.3. The van der Waals surface area contributed by atoms with Crippen LogP contribution in [0, 0.1) is 6.92 Å². The highest BCUT2D eigenvalue weighted by atomic mass is 35.5. The highest BCUT2D eigenvalue weighted by Crippen LogP contribution is 2.20. The zero-order valence-electron chi connectivity index (χ0n) is 14.8. The van der Waals surface area contributed by atoms with Gasteiger partial charge in [0.15, 0.2) is 0 Å². The number of hydrogen-bond acceptors (Lipinski definition) is 4. The Morgan fingerprint density at radius 3 is 3.00 bits per heavy atom. The highest BCUT2D eigenvalue weighted by Gasteiger charge is 2.29. The number of benzene rings is 1. The molecule has 1 aliphatic heterocycles. The van der Waals surface area contributed by atoms with Gasteiger partial charge in [0.05, 0.1) is 18.3 Å². The molecule has 0 saturated carbocycles. The number of halogens is 1. The number of hydrogen-bond donors (Lipinski definition) is 4. The number of amides is 2. The average molecular weight is 378 g/mol. The second-order valence-electron chi connectivity index (χ2n) is 6.74. The fourth-order valence-electron chi connectivity index (χ4n) is 3.05. The van der Waals surface area contributed by atoms with Gasteiger partial charge in [-0.05, 0) is 37.9 Å². The normalized spacial score (nSPS) is 20.0. The van der Waals surface area contributed by atoms with Crippen molar-refractivity contribution >= 4 is 23.4 Å². The molecule has 1 saturated heterocycles. The molecule has 7 nitrogen and oxygen atoms in total. The molecule has 0 radical (unpaired) electrons. The van der Waals surface area contributed by atoms with Crippen LogP contribution in [0.2, 0.25) is 5.02 Å². The van der Waals surface area contributed by atoms with Crippen molar-refractivity contribution in [3.63, 3.8) is 0 Å². The van der Waals surface area contributed by atoms with Gasteiger partial charge < -0.3 is 15.7 Å². The van der Waals surface area contributed by atoms with Crippen LogP contribution >= 0.6 is 11.6 Å². The average Bonchev–Trinajstić information content (AvgIpc) is 2.96. The smallest absolute Gasteiger partial charge is 0.320 e. The number of aromatic nitrogens is 2. The minimum absolute atomic E-state index is 0.198. The highest BCUT2D eigenvalue weighted by molar-refractivity contribution is 6.31. The number of aryl methyl sites for hydroxylation is 1. The third-order valence-corrected chi connectivity index (χ3v) is 4.93. The summed E-state index contributed by atoms with van der Waals surface area (Å²) >= 11 is 6.22. The maximum atomic E-state index is 12.3. The molecule has 3 rings (SSSR count). The van der Waals surface area contributed by atoms with Crippen LogP contribution in [0.1, 0.15) is 24.0 Å². The first-order valence-electron chi connectivity index (χ1n) is 8.71. The van der Waals surface area contributed by atoms with E-state index in [0.717, 1.165) is 24.1 Å². The fraction of sp³-hybridized carbons (Fsp3) is 0.444. The van der Waals surface area contributed by atoms with Gasteiger partial charge in [-0.15, -0.1) is 0 Å². The largest absolute Gasteiger partial charge is 0.387 e. The first-order valence-corrected chi connectivity index (χ1v) is 9.08. The van der Waals surface area contributed by atoms with E-state index in [1.54, 1.807) is 10.9 Å². The summed E-state index contributed by atoms with van der Waals surface area (Å²) in [6, 6.07) is 7.17. The summed E-state index contributed by atoms with van der Waals surface area (Å²) in [6.07, 6.45) is 3.26. The van der Waals surface area contributed by atoms with Crippen LogP contribution < -0.4 is 16.0 Å². The second kappa shape index (κ2) is 8.07. The van der Waals surface area contributed by atoms with Gasteiger partial charge in [-0.2, -0.15) is 5.10 Å². The topological polar surface area (TPSA) is 91.2 Å². The summed E-state index contributed by atoms with van der Waals surface area (Å²) in [7, 11) is 0. The Morgan fingerprint density at radius 2 is 2.27 bits per heavy atom. The van der Waals surface area contributed by atoms with Gasteiger partial charge in [0, 0.05) is 23.7 Å². The number of nitrogens with zero attached hydrogens (tertiary/aromatic N) is 2. The summed E-state index contributed by atoms with van der Waals surface area (Å²) < 4.78 is 1.70. The number of β-amino-alcohol motifs (C(OH)–C–C–N with tert-alkyl or cyclic N) is 1. The van der Waals surface area contributed by atoms with Crippen LogP contribution in [0.3, 0.4) is 0 Å². The minimum atomic E-state index is -0.900. The molecule has 1 fully saturated rings. The molecule has 140 valence electrons. The molecule has 1 atom stereocenters. The maximum Gasteiger partial charge on any atom is 0.320 e. The zero-order chi connectivity index (χ0) is 18.6. The number of nitrogens with one attached hydrogen (secondary N) is 3. The van der Waals surface area contributed by atoms with Gasteiger partial charge in [-0.3, -0.25) is 5.32 Å². The molecule has 4 N–H and O–H groups in total. The molecule has 1 aromatic carbocycles. The monoisotopic (exact) mass is 377 g/mol. The molecule has 2 heterocycles. The van der Waals surface area contributed by atoms with Gasteiger partial charge in [0.2, 0.25) is 0 Å².